The zero-order chi connectivity index (χ0) is 11.6. The quantitative estimate of drug-likeness (QED) is 0.799. The largest absolute Gasteiger partial charge is 0.488 e. The number of para-hydroxylation sites is 1. The van der Waals surface area contributed by atoms with E-state index in [9.17, 15) is 0 Å². The van der Waals surface area contributed by atoms with E-state index >= 15 is 0 Å². The standard InChI is InChI=1S/C13H18N2O/c1-13(2,3)16-12-7-5-4-6-11(12)10-8-14-15-9-10/h4-8,14-15H,9H2,1-3H3. The first-order chi connectivity index (χ1) is 7.56. The van der Waals surface area contributed by atoms with E-state index in [0.29, 0.717) is 0 Å². The fourth-order valence-electron chi connectivity index (χ4n) is 1.66. The lowest BCUT2D eigenvalue weighted by molar-refractivity contribution is 0.130. The normalized spacial score (nSPS) is 15.6. The predicted molar refractivity (Wildman–Crippen MR) is 65.9 cm³/mol. The molecule has 0 spiro atoms. The van der Waals surface area contributed by atoms with Gasteiger partial charge >= 0.3 is 0 Å². The van der Waals surface area contributed by atoms with Gasteiger partial charge in [0.05, 0.1) is 0 Å². The molecule has 0 saturated carbocycles. The number of benzene rings is 1. The fourth-order valence-corrected chi connectivity index (χ4v) is 1.66. The molecule has 2 N–H and O–H groups in total. The summed E-state index contributed by atoms with van der Waals surface area (Å²) in [6.07, 6.45) is 1.98. The lowest BCUT2D eigenvalue weighted by atomic mass is 10.1. The Morgan fingerprint density at radius 3 is 2.56 bits per heavy atom. The molecule has 0 aliphatic carbocycles. The van der Waals surface area contributed by atoms with Gasteiger partial charge in [-0.3, -0.25) is 0 Å². The van der Waals surface area contributed by atoms with Gasteiger partial charge in [0, 0.05) is 18.3 Å². The highest BCUT2D eigenvalue weighted by Gasteiger charge is 2.17. The fraction of sp³-hybridized carbons (Fsp3) is 0.385. The van der Waals surface area contributed by atoms with Crippen molar-refractivity contribution in [1.82, 2.24) is 10.9 Å². The molecular weight excluding hydrogens is 200 g/mol. The summed E-state index contributed by atoms with van der Waals surface area (Å²) < 4.78 is 5.95. The number of ether oxygens (including phenoxy) is 1. The Labute approximate surface area is 96.5 Å². The Morgan fingerprint density at radius 1 is 1.19 bits per heavy atom. The number of rotatable bonds is 2. The first kappa shape index (κ1) is 11.0. The maximum atomic E-state index is 5.95. The molecule has 0 aromatic heterocycles. The average Bonchev–Trinajstić information content (AvgIpc) is 2.69. The van der Waals surface area contributed by atoms with Crippen LogP contribution < -0.4 is 15.6 Å². The molecular formula is C13H18N2O. The highest BCUT2D eigenvalue weighted by atomic mass is 16.5. The van der Waals surface area contributed by atoms with E-state index in [1.165, 1.54) is 5.57 Å². The van der Waals surface area contributed by atoms with Gasteiger partial charge in [-0.15, -0.1) is 0 Å². The maximum Gasteiger partial charge on any atom is 0.127 e. The van der Waals surface area contributed by atoms with Crippen molar-refractivity contribution in [2.24, 2.45) is 0 Å². The molecule has 86 valence electrons. The van der Waals surface area contributed by atoms with E-state index in [0.717, 1.165) is 17.9 Å². The molecule has 16 heavy (non-hydrogen) atoms. The van der Waals surface area contributed by atoms with Crippen molar-refractivity contribution in [2.75, 3.05) is 6.54 Å². The monoisotopic (exact) mass is 218 g/mol. The zero-order valence-electron chi connectivity index (χ0n) is 10.0. The maximum absolute atomic E-state index is 5.95. The number of nitrogens with one attached hydrogen (secondary N) is 2. The molecule has 1 aliphatic heterocycles. The smallest absolute Gasteiger partial charge is 0.127 e. The first-order valence-electron chi connectivity index (χ1n) is 5.52. The molecule has 1 aromatic rings. The Bertz CT molecular complexity index is 405. The molecule has 3 nitrogen and oxygen atoms in total. The van der Waals surface area contributed by atoms with E-state index in [-0.39, 0.29) is 5.60 Å². The Balaban J connectivity index is 2.30. The lowest BCUT2D eigenvalue weighted by Gasteiger charge is -2.23. The first-order valence-corrected chi connectivity index (χ1v) is 5.52. The van der Waals surface area contributed by atoms with Gasteiger partial charge in [-0.2, -0.15) is 0 Å². The summed E-state index contributed by atoms with van der Waals surface area (Å²) in [5, 5.41) is 0. The number of hydrogen-bond donors (Lipinski definition) is 2. The second-order valence-corrected chi connectivity index (χ2v) is 4.88. The zero-order valence-corrected chi connectivity index (χ0v) is 10.0. The van der Waals surface area contributed by atoms with E-state index < -0.39 is 0 Å². The molecule has 1 aliphatic rings. The van der Waals surface area contributed by atoms with Crippen LogP contribution in [-0.4, -0.2) is 12.1 Å². The van der Waals surface area contributed by atoms with Gasteiger partial charge in [-0.05, 0) is 32.4 Å². The molecule has 0 radical (unpaired) electrons. The van der Waals surface area contributed by atoms with Crippen molar-refractivity contribution in [3.05, 3.63) is 36.0 Å². The minimum absolute atomic E-state index is 0.171. The van der Waals surface area contributed by atoms with E-state index in [4.69, 9.17) is 4.74 Å². The summed E-state index contributed by atoms with van der Waals surface area (Å²) in [5.41, 5.74) is 8.26. The van der Waals surface area contributed by atoms with Crippen molar-refractivity contribution < 1.29 is 4.74 Å². The average molecular weight is 218 g/mol. The van der Waals surface area contributed by atoms with Gasteiger partial charge in [0.15, 0.2) is 0 Å². The van der Waals surface area contributed by atoms with Crippen LogP contribution in [0.3, 0.4) is 0 Å². The van der Waals surface area contributed by atoms with Crippen molar-refractivity contribution in [3.63, 3.8) is 0 Å². The van der Waals surface area contributed by atoms with Crippen LogP contribution in [0.25, 0.3) is 5.57 Å². The van der Waals surface area contributed by atoms with Crippen molar-refractivity contribution in [3.8, 4) is 5.75 Å². The van der Waals surface area contributed by atoms with Gasteiger partial charge in [0.25, 0.3) is 0 Å². The molecule has 0 atom stereocenters. The van der Waals surface area contributed by atoms with Gasteiger partial charge < -0.3 is 10.2 Å². The molecule has 0 bridgehead atoms. The third-order valence-electron chi connectivity index (χ3n) is 2.28. The third-order valence-corrected chi connectivity index (χ3v) is 2.28. The summed E-state index contributed by atoms with van der Waals surface area (Å²) in [5.74, 6) is 0.937. The minimum atomic E-state index is -0.171. The van der Waals surface area contributed by atoms with Gasteiger partial charge in [-0.1, -0.05) is 18.2 Å². The second-order valence-electron chi connectivity index (χ2n) is 4.88. The van der Waals surface area contributed by atoms with E-state index in [1.54, 1.807) is 0 Å². The molecule has 2 rings (SSSR count). The third kappa shape index (κ3) is 2.55. The number of hydrogen-bond acceptors (Lipinski definition) is 3. The summed E-state index contributed by atoms with van der Waals surface area (Å²) in [6, 6.07) is 8.13. The van der Waals surface area contributed by atoms with Crippen LogP contribution in [0.1, 0.15) is 26.3 Å². The summed E-state index contributed by atoms with van der Waals surface area (Å²) >= 11 is 0. The molecule has 1 heterocycles. The topological polar surface area (TPSA) is 33.3 Å². The lowest BCUT2D eigenvalue weighted by Crippen LogP contribution is -2.23. The Kier molecular flexibility index (Phi) is 2.88. The summed E-state index contributed by atoms with van der Waals surface area (Å²) in [4.78, 5) is 0. The van der Waals surface area contributed by atoms with Gasteiger partial charge in [0.1, 0.15) is 11.4 Å². The van der Waals surface area contributed by atoms with Crippen LogP contribution in [-0.2, 0) is 0 Å². The van der Waals surface area contributed by atoms with Crippen LogP contribution in [0.5, 0.6) is 5.75 Å². The van der Waals surface area contributed by atoms with Gasteiger partial charge in [-0.25, -0.2) is 5.43 Å². The second kappa shape index (κ2) is 4.18. The molecule has 1 aromatic carbocycles. The highest BCUT2D eigenvalue weighted by Crippen LogP contribution is 2.28. The van der Waals surface area contributed by atoms with Crippen LogP contribution in [0.2, 0.25) is 0 Å². The molecule has 0 saturated heterocycles. The molecule has 0 unspecified atom stereocenters. The van der Waals surface area contributed by atoms with Crippen LogP contribution >= 0.6 is 0 Å². The highest BCUT2D eigenvalue weighted by molar-refractivity contribution is 5.72. The number of hydrazine groups is 1. The van der Waals surface area contributed by atoms with Crippen molar-refractivity contribution in [2.45, 2.75) is 26.4 Å². The molecule has 0 amide bonds. The van der Waals surface area contributed by atoms with Gasteiger partial charge in [0.2, 0.25) is 0 Å². The minimum Gasteiger partial charge on any atom is -0.488 e. The van der Waals surface area contributed by atoms with Crippen molar-refractivity contribution >= 4 is 5.57 Å². The molecule has 0 fully saturated rings. The predicted octanol–water partition coefficient (Wildman–Crippen LogP) is 2.31. The van der Waals surface area contributed by atoms with Crippen LogP contribution in [0.15, 0.2) is 30.5 Å². The SMILES string of the molecule is CC(C)(C)Oc1ccccc1C1=CNNC1. The van der Waals surface area contributed by atoms with Crippen LogP contribution in [0, 0.1) is 0 Å². The van der Waals surface area contributed by atoms with Crippen LogP contribution in [0.4, 0.5) is 0 Å². The van der Waals surface area contributed by atoms with E-state index in [1.807, 2.05) is 24.4 Å². The van der Waals surface area contributed by atoms with E-state index in [2.05, 4.69) is 37.7 Å². The summed E-state index contributed by atoms with van der Waals surface area (Å²) in [6.45, 7) is 7.00. The van der Waals surface area contributed by atoms with Crippen molar-refractivity contribution in [1.29, 1.82) is 0 Å². The Morgan fingerprint density at radius 2 is 1.94 bits per heavy atom. The summed E-state index contributed by atoms with van der Waals surface area (Å²) in [7, 11) is 0. The molecule has 3 heteroatoms. The Hall–Kier alpha value is -1.48.